The Kier molecular flexibility index (Phi) is 6.82. The number of aliphatic hydroxyl groups excluding tert-OH is 1. The number of hydrogen-bond acceptors (Lipinski definition) is 2. The molecule has 134 valence electrons. The average molecular weight is 348 g/mol. The molecule has 0 fully saturated rings. The lowest BCUT2D eigenvalue weighted by atomic mass is 10.1. The molecule has 0 amide bonds. The summed E-state index contributed by atoms with van der Waals surface area (Å²) in [5, 5.41) is 9.37. The van der Waals surface area contributed by atoms with Gasteiger partial charge in [-0.1, -0.05) is 60.7 Å². The van der Waals surface area contributed by atoms with Crippen molar-refractivity contribution in [2.75, 3.05) is 13.2 Å². The molecule has 0 aliphatic rings. The molecule has 0 aliphatic heterocycles. The van der Waals surface area contributed by atoms with Gasteiger partial charge in [0.1, 0.15) is 32.0 Å². The Balaban J connectivity index is 1.56. The Labute approximate surface area is 155 Å². The SMILES string of the molecule is OCC[NH+](Cc1ccccc1)Cc1ccc(OCc2ccccc2)cc1. The Morgan fingerprint density at radius 3 is 1.77 bits per heavy atom. The summed E-state index contributed by atoms with van der Waals surface area (Å²) in [5.74, 6) is 0.879. The summed E-state index contributed by atoms with van der Waals surface area (Å²) < 4.78 is 5.85. The minimum Gasteiger partial charge on any atom is -0.489 e. The molecule has 3 rings (SSSR count). The summed E-state index contributed by atoms with van der Waals surface area (Å²) in [6, 6.07) is 28.9. The van der Waals surface area contributed by atoms with Crippen LogP contribution in [0.5, 0.6) is 5.75 Å². The monoisotopic (exact) mass is 348 g/mol. The van der Waals surface area contributed by atoms with E-state index >= 15 is 0 Å². The standard InChI is InChI=1S/C23H25NO2/c25-16-15-24(17-20-7-3-1-4-8-20)18-21-11-13-23(14-12-21)26-19-22-9-5-2-6-10-22/h1-14,25H,15-19H2/p+1. The van der Waals surface area contributed by atoms with E-state index in [1.165, 1.54) is 16.0 Å². The maximum Gasteiger partial charge on any atom is 0.119 e. The normalized spacial score (nSPS) is 11.9. The maximum atomic E-state index is 9.37. The Morgan fingerprint density at radius 2 is 1.19 bits per heavy atom. The molecule has 1 atom stereocenters. The van der Waals surface area contributed by atoms with E-state index < -0.39 is 0 Å². The largest absolute Gasteiger partial charge is 0.489 e. The van der Waals surface area contributed by atoms with Crippen molar-refractivity contribution in [1.82, 2.24) is 0 Å². The summed E-state index contributed by atoms with van der Waals surface area (Å²) in [6.07, 6.45) is 0. The summed E-state index contributed by atoms with van der Waals surface area (Å²) >= 11 is 0. The number of aliphatic hydroxyl groups is 1. The predicted molar refractivity (Wildman–Crippen MR) is 104 cm³/mol. The van der Waals surface area contributed by atoms with E-state index in [1.807, 2.05) is 36.4 Å². The van der Waals surface area contributed by atoms with Crippen LogP contribution in [-0.4, -0.2) is 18.3 Å². The number of quaternary nitrogens is 1. The number of rotatable bonds is 9. The van der Waals surface area contributed by atoms with Crippen LogP contribution in [-0.2, 0) is 19.7 Å². The molecule has 0 aliphatic carbocycles. The molecule has 3 nitrogen and oxygen atoms in total. The molecule has 0 aromatic heterocycles. The van der Waals surface area contributed by atoms with E-state index in [0.717, 1.165) is 30.9 Å². The van der Waals surface area contributed by atoms with Crippen LogP contribution in [0, 0.1) is 0 Å². The van der Waals surface area contributed by atoms with E-state index in [4.69, 9.17) is 4.74 Å². The molecule has 0 radical (unpaired) electrons. The van der Waals surface area contributed by atoms with E-state index in [1.54, 1.807) is 0 Å². The topological polar surface area (TPSA) is 33.9 Å². The molecule has 1 unspecified atom stereocenters. The van der Waals surface area contributed by atoms with Gasteiger partial charge in [-0.05, 0) is 29.8 Å². The van der Waals surface area contributed by atoms with Gasteiger partial charge in [0.05, 0.1) is 6.61 Å². The number of hydrogen-bond donors (Lipinski definition) is 2. The molecule has 2 N–H and O–H groups in total. The quantitative estimate of drug-likeness (QED) is 0.623. The van der Waals surface area contributed by atoms with Gasteiger partial charge < -0.3 is 14.7 Å². The Bertz CT molecular complexity index is 757. The molecule has 3 aromatic rings. The van der Waals surface area contributed by atoms with Gasteiger partial charge in [-0.2, -0.15) is 0 Å². The van der Waals surface area contributed by atoms with Gasteiger partial charge in [-0.3, -0.25) is 0 Å². The molecule has 26 heavy (non-hydrogen) atoms. The van der Waals surface area contributed by atoms with Gasteiger partial charge in [0.2, 0.25) is 0 Å². The molecule has 0 saturated carbocycles. The molecule has 0 spiro atoms. The summed E-state index contributed by atoms with van der Waals surface area (Å²) in [7, 11) is 0. The molecule has 3 aromatic carbocycles. The Morgan fingerprint density at radius 1 is 0.654 bits per heavy atom. The summed E-state index contributed by atoms with van der Waals surface area (Å²) in [4.78, 5) is 1.34. The first-order chi connectivity index (χ1) is 12.8. The van der Waals surface area contributed by atoms with Crippen molar-refractivity contribution in [2.45, 2.75) is 19.7 Å². The van der Waals surface area contributed by atoms with Crippen LogP contribution in [0.15, 0.2) is 84.9 Å². The van der Waals surface area contributed by atoms with Gasteiger partial charge >= 0.3 is 0 Å². The van der Waals surface area contributed by atoms with E-state index in [0.29, 0.717) is 6.61 Å². The second kappa shape index (κ2) is 9.76. The van der Waals surface area contributed by atoms with Gasteiger partial charge in [0, 0.05) is 11.1 Å². The fraction of sp³-hybridized carbons (Fsp3) is 0.217. The van der Waals surface area contributed by atoms with Gasteiger partial charge in [-0.15, -0.1) is 0 Å². The highest BCUT2D eigenvalue weighted by Gasteiger charge is 2.10. The van der Waals surface area contributed by atoms with Crippen LogP contribution in [0.2, 0.25) is 0 Å². The second-order valence-electron chi connectivity index (χ2n) is 6.48. The van der Waals surface area contributed by atoms with Crippen LogP contribution < -0.4 is 9.64 Å². The molecule has 3 heteroatoms. The van der Waals surface area contributed by atoms with Crippen molar-refractivity contribution in [3.05, 3.63) is 102 Å². The van der Waals surface area contributed by atoms with Crippen LogP contribution in [0.4, 0.5) is 0 Å². The highest BCUT2D eigenvalue weighted by Crippen LogP contribution is 2.14. The van der Waals surface area contributed by atoms with Crippen molar-refractivity contribution in [3.8, 4) is 5.75 Å². The van der Waals surface area contributed by atoms with Crippen LogP contribution >= 0.6 is 0 Å². The second-order valence-corrected chi connectivity index (χ2v) is 6.48. The zero-order chi connectivity index (χ0) is 18.0. The highest BCUT2D eigenvalue weighted by atomic mass is 16.5. The highest BCUT2D eigenvalue weighted by molar-refractivity contribution is 5.27. The van der Waals surface area contributed by atoms with Gasteiger partial charge in [-0.25, -0.2) is 0 Å². The van der Waals surface area contributed by atoms with Crippen LogP contribution in [0.25, 0.3) is 0 Å². The molecular formula is C23H26NO2+. The van der Waals surface area contributed by atoms with Crippen molar-refractivity contribution >= 4 is 0 Å². The summed E-state index contributed by atoms with van der Waals surface area (Å²) in [5.41, 5.74) is 3.70. The lowest BCUT2D eigenvalue weighted by molar-refractivity contribution is -0.927. The fourth-order valence-corrected chi connectivity index (χ4v) is 3.02. The lowest BCUT2D eigenvalue weighted by Gasteiger charge is -2.19. The molecule has 0 saturated heterocycles. The number of ether oxygens (including phenoxy) is 1. The predicted octanol–water partition coefficient (Wildman–Crippen LogP) is 2.84. The zero-order valence-electron chi connectivity index (χ0n) is 15.0. The first-order valence-electron chi connectivity index (χ1n) is 9.07. The molecule has 0 heterocycles. The van der Waals surface area contributed by atoms with Gasteiger partial charge in [0.15, 0.2) is 0 Å². The first kappa shape index (κ1) is 18.2. The van der Waals surface area contributed by atoms with Crippen LogP contribution in [0.1, 0.15) is 16.7 Å². The number of nitrogens with one attached hydrogen (secondary N) is 1. The lowest BCUT2D eigenvalue weighted by Crippen LogP contribution is -3.09. The fourth-order valence-electron chi connectivity index (χ4n) is 3.02. The van der Waals surface area contributed by atoms with Crippen molar-refractivity contribution < 1.29 is 14.7 Å². The van der Waals surface area contributed by atoms with Crippen molar-refractivity contribution in [2.24, 2.45) is 0 Å². The number of benzene rings is 3. The van der Waals surface area contributed by atoms with Gasteiger partial charge in [0.25, 0.3) is 0 Å². The minimum atomic E-state index is 0.195. The van der Waals surface area contributed by atoms with Crippen molar-refractivity contribution in [1.29, 1.82) is 0 Å². The molecular weight excluding hydrogens is 322 g/mol. The van der Waals surface area contributed by atoms with Crippen LogP contribution in [0.3, 0.4) is 0 Å². The zero-order valence-corrected chi connectivity index (χ0v) is 15.0. The molecule has 0 bridgehead atoms. The van der Waals surface area contributed by atoms with E-state index in [2.05, 4.69) is 48.5 Å². The van der Waals surface area contributed by atoms with Crippen molar-refractivity contribution in [3.63, 3.8) is 0 Å². The third-order valence-corrected chi connectivity index (χ3v) is 4.39. The first-order valence-corrected chi connectivity index (χ1v) is 9.07. The maximum absolute atomic E-state index is 9.37. The minimum absolute atomic E-state index is 0.195. The smallest absolute Gasteiger partial charge is 0.119 e. The van der Waals surface area contributed by atoms with E-state index in [-0.39, 0.29) is 6.61 Å². The van der Waals surface area contributed by atoms with E-state index in [9.17, 15) is 5.11 Å². The summed E-state index contributed by atoms with van der Waals surface area (Å²) in [6.45, 7) is 3.31. The third-order valence-electron chi connectivity index (χ3n) is 4.39. The average Bonchev–Trinajstić information content (AvgIpc) is 2.69. The third kappa shape index (κ3) is 5.73. The Hall–Kier alpha value is -2.62.